The van der Waals surface area contributed by atoms with Crippen LogP contribution in [0.1, 0.15) is 37.9 Å². The van der Waals surface area contributed by atoms with E-state index in [1.807, 2.05) is 0 Å². The quantitative estimate of drug-likeness (QED) is 0.690. The number of nitrogens with zero attached hydrogens (tertiary/aromatic N) is 1. The fourth-order valence-corrected chi connectivity index (χ4v) is 3.05. The second-order valence-electron chi connectivity index (χ2n) is 6.15. The highest BCUT2D eigenvalue weighted by atomic mass is 19.3. The van der Waals surface area contributed by atoms with Crippen molar-refractivity contribution in [1.82, 2.24) is 15.3 Å². The predicted molar refractivity (Wildman–Crippen MR) is 86.0 cm³/mol. The van der Waals surface area contributed by atoms with Gasteiger partial charge in [-0.3, -0.25) is 0 Å². The SMILES string of the molecule is O=C(Nc1ccc2nc(C(F)F)[nH]c2c1)NC1CCC(CO)CC1. The molecule has 1 aliphatic carbocycles. The van der Waals surface area contributed by atoms with Crippen molar-refractivity contribution in [2.45, 2.75) is 38.2 Å². The van der Waals surface area contributed by atoms with Crippen LogP contribution in [0.2, 0.25) is 0 Å². The molecule has 1 saturated carbocycles. The molecule has 1 aromatic heterocycles. The topological polar surface area (TPSA) is 90.0 Å². The van der Waals surface area contributed by atoms with Gasteiger partial charge in [0.15, 0.2) is 5.82 Å². The number of fused-ring (bicyclic) bond motifs is 1. The first-order chi connectivity index (χ1) is 11.5. The summed E-state index contributed by atoms with van der Waals surface area (Å²) in [4.78, 5) is 18.4. The van der Waals surface area contributed by atoms with Crippen LogP contribution in [0.3, 0.4) is 0 Å². The number of H-pyrrole nitrogens is 1. The van der Waals surface area contributed by atoms with E-state index in [1.54, 1.807) is 18.2 Å². The lowest BCUT2D eigenvalue weighted by Gasteiger charge is -2.27. The Hall–Kier alpha value is -2.22. The molecule has 0 radical (unpaired) electrons. The molecule has 130 valence electrons. The fraction of sp³-hybridized carbons (Fsp3) is 0.500. The van der Waals surface area contributed by atoms with Crippen LogP contribution in [0.5, 0.6) is 0 Å². The minimum atomic E-state index is -2.66. The zero-order chi connectivity index (χ0) is 17.1. The van der Waals surface area contributed by atoms with Crippen LogP contribution in [-0.4, -0.2) is 33.8 Å². The summed E-state index contributed by atoms with van der Waals surface area (Å²) < 4.78 is 25.3. The molecule has 8 heteroatoms. The Morgan fingerprint density at radius 3 is 2.75 bits per heavy atom. The Bertz CT molecular complexity index is 711. The molecule has 1 fully saturated rings. The maximum atomic E-state index is 12.6. The maximum absolute atomic E-state index is 12.6. The van der Waals surface area contributed by atoms with Crippen molar-refractivity contribution in [3.8, 4) is 0 Å². The molecule has 1 aliphatic rings. The number of carbonyl (C=O) groups is 1. The number of benzene rings is 1. The van der Waals surface area contributed by atoms with Gasteiger partial charge in [0.1, 0.15) is 0 Å². The Balaban J connectivity index is 1.59. The third kappa shape index (κ3) is 3.81. The van der Waals surface area contributed by atoms with Gasteiger partial charge in [-0.15, -0.1) is 0 Å². The minimum Gasteiger partial charge on any atom is -0.396 e. The number of hydrogen-bond donors (Lipinski definition) is 4. The first-order valence-corrected chi connectivity index (χ1v) is 8.01. The molecule has 0 aliphatic heterocycles. The van der Waals surface area contributed by atoms with Crippen LogP contribution in [-0.2, 0) is 0 Å². The Morgan fingerprint density at radius 2 is 2.08 bits per heavy atom. The molecule has 24 heavy (non-hydrogen) atoms. The van der Waals surface area contributed by atoms with Crippen LogP contribution in [0.25, 0.3) is 11.0 Å². The summed E-state index contributed by atoms with van der Waals surface area (Å²) in [6.07, 6.45) is 0.827. The van der Waals surface area contributed by atoms with Gasteiger partial charge >= 0.3 is 6.03 Å². The number of halogens is 2. The predicted octanol–water partition coefficient (Wildman–Crippen LogP) is 3.17. The molecule has 0 unspecified atom stereocenters. The number of hydrogen-bond acceptors (Lipinski definition) is 3. The average Bonchev–Trinajstić information content (AvgIpc) is 2.99. The van der Waals surface area contributed by atoms with E-state index in [1.165, 1.54) is 0 Å². The van der Waals surface area contributed by atoms with E-state index >= 15 is 0 Å². The maximum Gasteiger partial charge on any atom is 0.319 e. The Morgan fingerprint density at radius 1 is 1.33 bits per heavy atom. The second kappa shape index (κ2) is 7.12. The molecule has 2 aromatic rings. The molecule has 2 amide bonds. The standard InChI is InChI=1S/C16H20F2N4O2/c17-14(18)15-21-12-6-5-11(7-13(12)22-15)20-16(24)19-10-3-1-9(8-23)2-4-10/h5-7,9-10,14,23H,1-4,8H2,(H,21,22)(H2,19,20,24). The third-order valence-electron chi connectivity index (χ3n) is 4.40. The number of aliphatic hydroxyl groups excluding tert-OH is 1. The molecule has 1 heterocycles. The van der Waals surface area contributed by atoms with Crippen LogP contribution in [0.4, 0.5) is 19.3 Å². The van der Waals surface area contributed by atoms with E-state index in [9.17, 15) is 13.6 Å². The van der Waals surface area contributed by atoms with Crippen molar-refractivity contribution in [3.63, 3.8) is 0 Å². The van der Waals surface area contributed by atoms with Crippen molar-refractivity contribution in [3.05, 3.63) is 24.0 Å². The molecule has 0 bridgehead atoms. The average molecular weight is 338 g/mol. The Labute approximate surface area is 137 Å². The van der Waals surface area contributed by atoms with Gasteiger partial charge in [0.25, 0.3) is 6.43 Å². The molecule has 0 spiro atoms. The van der Waals surface area contributed by atoms with Gasteiger partial charge < -0.3 is 20.7 Å². The van der Waals surface area contributed by atoms with Crippen molar-refractivity contribution < 1.29 is 18.7 Å². The molecular weight excluding hydrogens is 318 g/mol. The van der Waals surface area contributed by atoms with Crippen LogP contribution < -0.4 is 10.6 Å². The number of aliphatic hydroxyl groups is 1. The number of rotatable bonds is 4. The summed E-state index contributed by atoms with van der Waals surface area (Å²) in [6.45, 7) is 0.198. The highest BCUT2D eigenvalue weighted by Gasteiger charge is 2.22. The first-order valence-electron chi connectivity index (χ1n) is 8.01. The first kappa shape index (κ1) is 16.6. The zero-order valence-electron chi connectivity index (χ0n) is 13.1. The number of alkyl halides is 2. The van der Waals surface area contributed by atoms with Gasteiger partial charge in [0, 0.05) is 18.3 Å². The molecule has 0 saturated heterocycles. The summed E-state index contributed by atoms with van der Waals surface area (Å²) in [5, 5.41) is 14.7. The number of amides is 2. The van der Waals surface area contributed by atoms with E-state index < -0.39 is 6.43 Å². The van der Waals surface area contributed by atoms with Gasteiger partial charge in [-0.05, 0) is 49.8 Å². The fourth-order valence-electron chi connectivity index (χ4n) is 3.05. The van der Waals surface area contributed by atoms with E-state index in [-0.39, 0.29) is 24.5 Å². The normalized spacial score (nSPS) is 21.2. The minimum absolute atomic E-state index is 0.0918. The van der Waals surface area contributed by atoms with Crippen molar-refractivity contribution >= 4 is 22.8 Å². The number of anilines is 1. The largest absolute Gasteiger partial charge is 0.396 e. The van der Waals surface area contributed by atoms with Crippen LogP contribution in [0.15, 0.2) is 18.2 Å². The molecule has 0 atom stereocenters. The highest BCUT2D eigenvalue weighted by Crippen LogP contribution is 2.24. The molecule has 6 nitrogen and oxygen atoms in total. The zero-order valence-corrected chi connectivity index (χ0v) is 13.1. The van der Waals surface area contributed by atoms with Gasteiger partial charge in [-0.2, -0.15) is 0 Å². The summed E-state index contributed by atoms with van der Waals surface area (Å²) in [5.74, 6) is -0.0508. The number of nitrogens with one attached hydrogen (secondary N) is 3. The van der Waals surface area contributed by atoms with E-state index in [2.05, 4.69) is 20.6 Å². The number of aromatic amines is 1. The van der Waals surface area contributed by atoms with E-state index in [0.717, 1.165) is 25.7 Å². The Kier molecular flexibility index (Phi) is 4.94. The summed E-state index contributed by atoms with van der Waals surface area (Å²) in [5.41, 5.74) is 1.39. The summed E-state index contributed by atoms with van der Waals surface area (Å²) in [6, 6.07) is 4.56. The smallest absolute Gasteiger partial charge is 0.319 e. The van der Waals surface area contributed by atoms with Gasteiger partial charge in [0.05, 0.1) is 11.0 Å². The van der Waals surface area contributed by atoms with Gasteiger partial charge in [-0.25, -0.2) is 18.6 Å². The molecular formula is C16H20F2N4O2. The highest BCUT2D eigenvalue weighted by molar-refractivity contribution is 5.92. The molecule has 1 aromatic carbocycles. The van der Waals surface area contributed by atoms with Crippen LogP contribution >= 0.6 is 0 Å². The number of imidazole rings is 1. The van der Waals surface area contributed by atoms with Crippen molar-refractivity contribution in [2.75, 3.05) is 11.9 Å². The summed E-state index contributed by atoms with van der Waals surface area (Å²) >= 11 is 0. The third-order valence-corrected chi connectivity index (χ3v) is 4.40. The molecule has 3 rings (SSSR count). The monoisotopic (exact) mass is 338 g/mol. The second-order valence-corrected chi connectivity index (χ2v) is 6.15. The lowest BCUT2D eigenvalue weighted by Crippen LogP contribution is -2.40. The summed E-state index contributed by atoms with van der Waals surface area (Å²) in [7, 11) is 0. The number of urea groups is 1. The lowest BCUT2D eigenvalue weighted by atomic mass is 9.87. The van der Waals surface area contributed by atoms with Crippen molar-refractivity contribution in [2.24, 2.45) is 5.92 Å². The number of aromatic nitrogens is 2. The van der Waals surface area contributed by atoms with Crippen LogP contribution in [0, 0.1) is 5.92 Å². The number of carbonyl (C=O) groups excluding carboxylic acids is 1. The van der Waals surface area contributed by atoms with Crippen molar-refractivity contribution in [1.29, 1.82) is 0 Å². The van der Waals surface area contributed by atoms with E-state index in [0.29, 0.717) is 22.6 Å². The molecule has 4 N–H and O–H groups in total. The van der Waals surface area contributed by atoms with E-state index in [4.69, 9.17) is 5.11 Å². The lowest BCUT2D eigenvalue weighted by molar-refractivity contribution is 0.142. The van der Waals surface area contributed by atoms with Gasteiger partial charge in [0.2, 0.25) is 0 Å². The van der Waals surface area contributed by atoms with Gasteiger partial charge in [-0.1, -0.05) is 0 Å².